The molecule has 6 nitrogen and oxygen atoms in total. The van der Waals surface area contributed by atoms with Crippen molar-refractivity contribution >= 4 is 21.6 Å². The van der Waals surface area contributed by atoms with Gasteiger partial charge in [0, 0.05) is 18.3 Å². The quantitative estimate of drug-likeness (QED) is 0.775. The lowest BCUT2D eigenvalue weighted by molar-refractivity contribution is 0.0954. The Morgan fingerprint density at radius 1 is 1.07 bits per heavy atom. The minimum absolute atomic E-state index is 0.155. The van der Waals surface area contributed by atoms with E-state index in [1.165, 1.54) is 23.6 Å². The zero-order valence-corrected chi connectivity index (χ0v) is 17.6. The van der Waals surface area contributed by atoms with E-state index in [2.05, 4.69) is 0 Å². The van der Waals surface area contributed by atoms with Gasteiger partial charge in [-0.05, 0) is 62.1 Å². The summed E-state index contributed by atoms with van der Waals surface area (Å²) < 4.78 is 27.5. The maximum Gasteiger partial charge on any atom is 0.263 e. The van der Waals surface area contributed by atoms with Gasteiger partial charge >= 0.3 is 0 Å². The van der Waals surface area contributed by atoms with Crippen LogP contribution in [0.5, 0.6) is 0 Å². The Bertz CT molecular complexity index is 1080. The van der Waals surface area contributed by atoms with Crippen molar-refractivity contribution in [3.63, 3.8) is 0 Å². The predicted octanol–water partition coefficient (Wildman–Crippen LogP) is 3.26. The van der Waals surface area contributed by atoms with Crippen LogP contribution in [0.1, 0.15) is 54.4 Å². The average molecular weight is 414 g/mol. The fourth-order valence-electron chi connectivity index (χ4n) is 4.12. The number of aromatic nitrogens is 1. The van der Waals surface area contributed by atoms with E-state index >= 15 is 0 Å². The predicted molar refractivity (Wildman–Crippen MR) is 114 cm³/mol. The van der Waals surface area contributed by atoms with Gasteiger partial charge in [0.1, 0.15) is 5.49 Å². The summed E-state index contributed by atoms with van der Waals surface area (Å²) in [6, 6.07) is 11.0. The summed E-state index contributed by atoms with van der Waals surface area (Å²) in [6.07, 6.45) is 8.11. The SMILES string of the molecule is Cc1ccn(C(=O)c2cccc(N3CCCS3(=O)=O)c2)c(=NC2CCCCC2)c1. The fraction of sp³-hybridized carbons (Fsp3) is 0.455. The molecular weight excluding hydrogens is 386 g/mol. The van der Waals surface area contributed by atoms with Gasteiger partial charge in [0.25, 0.3) is 5.91 Å². The molecule has 2 aliphatic rings. The fourth-order valence-corrected chi connectivity index (χ4v) is 5.68. The number of benzene rings is 1. The second-order valence-electron chi connectivity index (χ2n) is 7.95. The second kappa shape index (κ2) is 8.14. The van der Waals surface area contributed by atoms with Crippen LogP contribution >= 0.6 is 0 Å². The molecule has 1 aliphatic carbocycles. The number of rotatable bonds is 3. The van der Waals surface area contributed by atoms with Crippen LogP contribution in [0.2, 0.25) is 0 Å². The Balaban J connectivity index is 1.70. The summed E-state index contributed by atoms with van der Waals surface area (Å²) in [5.41, 5.74) is 2.73. The van der Waals surface area contributed by atoms with E-state index in [4.69, 9.17) is 4.99 Å². The van der Waals surface area contributed by atoms with Gasteiger partial charge in [0.05, 0.1) is 17.5 Å². The molecule has 0 radical (unpaired) electrons. The first kappa shape index (κ1) is 19.9. The first-order valence-corrected chi connectivity index (χ1v) is 11.9. The average Bonchev–Trinajstić information content (AvgIpc) is 3.07. The van der Waals surface area contributed by atoms with E-state index in [0.29, 0.717) is 29.7 Å². The normalized spacial score (nSPS) is 20.2. The van der Waals surface area contributed by atoms with Crippen molar-refractivity contribution in [1.29, 1.82) is 0 Å². The first-order valence-electron chi connectivity index (χ1n) is 10.3. The minimum atomic E-state index is -3.28. The number of pyridine rings is 1. The van der Waals surface area contributed by atoms with Crippen molar-refractivity contribution in [2.75, 3.05) is 16.6 Å². The number of aryl methyl sites for hydroxylation is 1. The highest BCUT2D eigenvalue weighted by atomic mass is 32.2. The maximum absolute atomic E-state index is 13.3. The van der Waals surface area contributed by atoms with Crippen LogP contribution in [0, 0.1) is 6.92 Å². The van der Waals surface area contributed by atoms with E-state index < -0.39 is 10.0 Å². The molecule has 1 saturated heterocycles. The van der Waals surface area contributed by atoms with Crippen molar-refractivity contribution in [3.8, 4) is 0 Å². The first-order chi connectivity index (χ1) is 13.9. The molecule has 1 aromatic heterocycles. The summed E-state index contributed by atoms with van der Waals surface area (Å²) >= 11 is 0. The van der Waals surface area contributed by atoms with Crippen molar-refractivity contribution in [1.82, 2.24) is 4.57 Å². The van der Waals surface area contributed by atoms with Crippen molar-refractivity contribution < 1.29 is 13.2 Å². The standard InChI is InChI=1S/C22H27N3O3S/c1-17-11-13-24(21(15-17)23-19-8-3-2-4-9-19)22(26)18-7-5-10-20(16-18)25-12-6-14-29(25,27)28/h5,7,10-11,13,15-16,19H,2-4,6,8-9,12,14H2,1H3. The van der Waals surface area contributed by atoms with Crippen molar-refractivity contribution in [3.05, 3.63) is 59.2 Å². The lowest BCUT2D eigenvalue weighted by atomic mass is 9.96. The zero-order valence-electron chi connectivity index (χ0n) is 16.8. The summed E-state index contributed by atoms with van der Waals surface area (Å²) in [5, 5.41) is 0. The van der Waals surface area contributed by atoms with Crippen molar-refractivity contribution in [2.24, 2.45) is 4.99 Å². The molecular formula is C22H27N3O3S. The lowest BCUT2D eigenvalue weighted by Gasteiger charge is -2.19. The smallest absolute Gasteiger partial charge is 0.263 e. The molecule has 2 aromatic rings. The molecule has 7 heteroatoms. The number of hydrogen-bond donors (Lipinski definition) is 0. The highest BCUT2D eigenvalue weighted by molar-refractivity contribution is 7.93. The van der Waals surface area contributed by atoms with Crippen molar-refractivity contribution in [2.45, 2.75) is 51.5 Å². The molecule has 29 heavy (non-hydrogen) atoms. The largest absolute Gasteiger partial charge is 0.270 e. The van der Waals surface area contributed by atoms with Crippen LogP contribution in [0.25, 0.3) is 0 Å². The van der Waals surface area contributed by atoms with Crippen LogP contribution in [0.4, 0.5) is 5.69 Å². The van der Waals surface area contributed by atoms with Gasteiger partial charge in [0.2, 0.25) is 10.0 Å². The molecule has 0 spiro atoms. The topological polar surface area (TPSA) is 71.7 Å². The summed E-state index contributed by atoms with van der Waals surface area (Å²) in [4.78, 5) is 18.2. The molecule has 4 rings (SSSR count). The summed E-state index contributed by atoms with van der Waals surface area (Å²) in [7, 11) is -3.28. The highest BCUT2D eigenvalue weighted by Crippen LogP contribution is 2.25. The molecule has 1 saturated carbocycles. The molecule has 0 amide bonds. The van der Waals surface area contributed by atoms with Gasteiger partial charge in [-0.25, -0.2) is 8.42 Å². The maximum atomic E-state index is 13.3. The molecule has 0 unspecified atom stereocenters. The number of hydrogen-bond acceptors (Lipinski definition) is 4. The number of nitrogens with zero attached hydrogens (tertiary/aromatic N) is 3. The number of carbonyl (C=O) groups excluding carboxylic acids is 1. The van der Waals surface area contributed by atoms with Gasteiger partial charge in [-0.2, -0.15) is 0 Å². The van der Waals surface area contributed by atoms with Gasteiger partial charge in [-0.1, -0.05) is 25.3 Å². The molecule has 0 N–H and O–H groups in total. The zero-order chi connectivity index (χ0) is 20.4. The second-order valence-corrected chi connectivity index (χ2v) is 9.96. The molecule has 0 atom stereocenters. The Morgan fingerprint density at radius 2 is 1.86 bits per heavy atom. The van der Waals surface area contributed by atoms with Crippen LogP contribution in [-0.4, -0.2) is 37.2 Å². The van der Waals surface area contributed by atoms with E-state index in [1.54, 1.807) is 35.0 Å². The van der Waals surface area contributed by atoms with E-state index in [0.717, 1.165) is 18.4 Å². The van der Waals surface area contributed by atoms with E-state index in [1.807, 2.05) is 19.1 Å². The summed E-state index contributed by atoms with van der Waals surface area (Å²) in [5.74, 6) is -0.0412. The van der Waals surface area contributed by atoms with E-state index in [-0.39, 0.29) is 17.7 Å². The monoisotopic (exact) mass is 413 g/mol. The molecule has 154 valence electrons. The number of sulfonamides is 1. The van der Waals surface area contributed by atoms with Gasteiger partial charge in [-0.3, -0.25) is 18.7 Å². The Kier molecular flexibility index (Phi) is 5.58. The molecule has 2 heterocycles. The molecule has 1 aliphatic heterocycles. The third kappa shape index (κ3) is 4.29. The lowest BCUT2D eigenvalue weighted by Crippen LogP contribution is -2.30. The molecule has 0 bridgehead atoms. The third-order valence-electron chi connectivity index (χ3n) is 5.68. The Hall–Kier alpha value is -2.41. The van der Waals surface area contributed by atoms with Gasteiger partial charge < -0.3 is 0 Å². The highest BCUT2D eigenvalue weighted by Gasteiger charge is 2.28. The Labute approximate surface area is 171 Å². The number of carbonyl (C=O) groups is 1. The Morgan fingerprint density at radius 3 is 2.59 bits per heavy atom. The number of anilines is 1. The third-order valence-corrected chi connectivity index (χ3v) is 7.55. The van der Waals surface area contributed by atoms with Crippen LogP contribution in [-0.2, 0) is 10.0 Å². The van der Waals surface area contributed by atoms with Gasteiger partial charge in [-0.15, -0.1) is 0 Å². The summed E-state index contributed by atoms with van der Waals surface area (Å²) in [6.45, 7) is 2.45. The van der Waals surface area contributed by atoms with E-state index in [9.17, 15) is 13.2 Å². The van der Waals surface area contributed by atoms with Crippen LogP contribution in [0.3, 0.4) is 0 Å². The minimum Gasteiger partial charge on any atom is -0.270 e. The van der Waals surface area contributed by atoms with Crippen LogP contribution in [0.15, 0.2) is 47.6 Å². The van der Waals surface area contributed by atoms with Gasteiger partial charge in [0.15, 0.2) is 0 Å². The molecule has 2 fully saturated rings. The molecule has 1 aromatic carbocycles. The van der Waals surface area contributed by atoms with Crippen LogP contribution < -0.4 is 9.79 Å².